The van der Waals surface area contributed by atoms with E-state index < -0.39 is 23.5 Å². The van der Waals surface area contributed by atoms with Crippen LogP contribution in [0.2, 0.25) is 0 Å². The van der Waals surface area contributed by atoms with Gasteiger partial charge in [0.05, 0.1) is 33.6 Å². The number of aliphatic carboxylic acids is 1. The molecule has 1 amide bonds. The molecular weight excluding hydrogens is 528 g/mol. The maximum absolute atomic E-state index is 13.6. The van der Waals surface area contributed by atoms with Crippen molar-refractivity contribution < 1.29 is 24.2 Å². The largest absolute Gasteiger partial charge is 0.487 e. The minimum absolute atomic E-state index is 0.0524. The van der Waals surface area contributed by atoms with E-state index in [1.54, 1.807) is 17.5 Å². The Morgan fingerprint density at radius 2 is 1.93 bits per heavy atom. The summed E-state index contributed by atoms with van der Waals surface area (Å²) < 4.78 is 7.52. The SMILES string of the molecule is O=C1NC2(C(=O)O)CC2C(=O)CCCCCCCCN2CC(Oc3cc(-c4ccccn4)nc4ccsc34)CC12. The molecule has 40 heavy (non-hydrogen) atoms. The number of ketones is 1. The third-order valence-corrected chi connectivity index (χ3v) is 9.38. The van der Waals surface area contributed by atoms with E-state index in [-0.39, 0.29) is 24.2 Å². The first-order chi connectivity index (χ1) is 19.4. The number of rotatable bonds is 4. The molecule has 210 valence electrons. The smallest absolute Gasteiger partial charge is 0.330 e. The number of hydrogen-bond acceptors (Lipinski definition) is 8. The van der Waals surface area contributed by atoms with Gasteiger partial charge in [0.15, 0.2) is 0 Å². The second-order valence-corrected chi connectivity index (χ2v) is 12.1. The molecular formula is C30H34N4O5S. The molecule has 5 heterocycles. The Morgan fingerprint density at radius 3 is 2.73 bits per heavy atom. The van der Waals surface area contributed by atoms with Crippen LogP contribution in [0, 0.1) is 5.92 Å². The topological polar surface area (TPSA) is 122 Å². The van der Waals surface area contributed by atoms with Gasteiger partial charge in [-0.15, -0.1) is 11.3 Å². The van der Waals surface area contributed by atoms with E-state index in [2.05, 4.69) is 15.2 Å². The molecule has 0 bridgehead atoms. The summed E-state index contributed by atoms with van der Waals surface area (Å²) in [6.07, 6.45) is 8.38. The van der Waals surface area contributed by atoms with Crippen LogP contribution in [0.4, 0.5) is 0 Å². The summed E-state index contributed by atoms with van der Waals surface area (Å²) in [6, 6.07) is 9.06. The number of nitrogens with one attached hydrogen (secondary N) is 1. The van der Waals surface area contributed by atoms with Crippen molar-refractivity contribution in [3.05, 3.63) is 41.9 Å². The number of amides is 1. The summed E-state index contributed by atoms with van der Waals surface area (Å²) in [6.45, 7) is 1.30. The number of carbonyl (C=O) groups excluding carboxylic acids is 2. The van der Waals surface area contributed by atoms with Crippen LogP contribution in [-0.4, -0.2) is 68.4 Å². The molecule has 2 saturated heterocycles. The van der Waals surface area contributed by atoms with Crippen LogP contribution in [0.5, 0.6) is 5.75 Å². The maximum atomic E-state index is 13.6. The Kier molecular flexibility index (Phi) is 7.55. The van der Waals surface area contributed by atoms with Crippen molar-refractivity contribution in [3.63, 3.8) is 0 Å². The molecule has 3 fully saturated rings. The number of hydrogen-bond donors (Lipinski definition) is 2. The van der Waals surface area contributed by atoms with Crippen molar-refractivity contribution in [2.75, 3.05) is 13.1 Å². The maximum Gasteiger partial charge on any atom is 0.330 e. The van der Waals surface area contributed by atoms with Crippen molar-refractivity contribution in [2.24, 2.45) is 5.92 Å². The second kappa shape index (κ2) is 11.2. The lowest BCUT2D eigenvalue weighted by Gasteiger charge is -2.25. The van der Waals surface area contributed by atoms with Gasteiger partial charge in [0.1, 0.15) is 23.2 Å². The fourth-order valence-corrected chi connectivity index (χ4v) is 6.97. The Bertz CT molecular complexity index is 1410. The minimum atomic E-state index is -1.48. The van der Waals surface area contributed by atoms with Gasteiger partial charge in [-0.2, -0.15) is 0 Å². The number of Topliss-reactive ketones (excluding diaryl/α,β-unsaturated/α-hetero) is 1. The molecule has 1 aliphatic carbocycles. The number of carboxylic acid groups (broad SMARTS) is 1. The summed E-state index contributed by atoms with van der Waals surface area (Å²) in [7, 11) is 0. The molecule has 0 spiro atoms. The number of carboxylic acids is 1. The normalized spacial score (nSPS) is 28.1. The number of pyridine rings is 2. The highest BCUT2D eigenvalue weighted by Crippen LogP contribution is 2.46. The van der Waals surface area contributed by atoms with E-state index in [0.29, 0.717) is 25.1 Å². The van der Waals surface area contributed by atoms with Gasteiger partial charge in [0.2, 0.25) is 5.91 Å². The predicted octanol–water partition coefficient (Wildman–Crippen LogP) is 4.45. The number of thiophene rings is 1. The Hall–Kier alpha value is -3.37. The van der Waals surface area contributed by atoms with E-state index in [4.69, 9.17) is 9.72 Å². The van der Waals surface area contributed by atoms with E-state index in [0.717, 1.165) is 66.7 Å². The van der Waals surface area contributed by atoms with Crippen molar-refractivity contribution >= 4 is 39.2 Å². The summed E-state index contributed by atoms with van der Waals surface area (Å²) in [5.74, 6) is -1.44. The van der Waals surface area contributed by atoms with E-state index in [1.807, 2.05) is 35.7 Å². The van der Waals surface area contributed by atoms with Gasteiger partial charge in [-0.1, -0.05) is 31.7 Å². The van der Waals surface area contributed by atoms with Gasteiger partial charge in [-0.25, -0.2) is 9.78 Å². The van der Waals surface area contributed by atoms with Gasteiger partial charge in [-0.05, 0) is 49.4 Å². The van der Waals surface area contributed by atoms with Crippen LogP contribution < -0.4 is 10.1 Å². The molecule has 0 radical (unpaired) electrons. The third kappa shape index (κ3) is 5.34. The molecule has 3 aromatic rings. The van der Waals surface area contributed by atoms with Gasteiger partial charge in [0.25, 0.3) is 0 Å². The van der Waals surface area contributed by atoms with E-state index in [1.165, 1.54) is 0 Å². The lowest BCUT2D eigenvalue weighted by Crippen LogP contribution is -2.52. The van der Waals surface area contributed by atoms with Crippen LogP contribution in [-0.2, 0) is 14.4 Å². The van der Waals surface area contributed by atoms with Gasteiger partial charge >= 0.3 is 5.97 Å². The minimum Gasteiger partial charge on any atom is -0.487 e. The first-order valence-electron chi connectivity index (χ1n) is 14.2. The molecule has 4 unspecified atom stereocenters. The van der Waals surface area contributed by atoms with Gasteiger partial charge in [0, 0.05) is 31.6 Å². The van der Waals surface area contributed by atoms with Crippen LogP contribution in [0.25, 0.3) is 21.6 Å². The van der Waals surface area contributed by atoms with Gasteiger partial charge in [-0.3, -0.25) is 19.5 Å². The number of nitrogens with zero attached hydrogens (tertiary/aromatic N) is 3. The monoisotopic (exact) mass is 562 g/mol. The molecule has 4 atom stereocenters. The second-order valence-electron chi connectivity index (χ2n) is 11.2. The van der Waals surface area contributed by atoms with Crippen molar-refractivity contribution in [1.29, 1.82) is 0 Å². The quantitative estimate of drug-likeness (QED) is 0.478. The Morgan fingerprint density at radius 1 is 1.10 bits per heavy atom. The molecule has 10 heteroatoms. The van der Waals surface area contributed by atoms with Crippen molar-refractivity contribution in [2.45, 2.75) is 75.5 Å². The van der Waals surface area contributed by atoms with E-state index >= 15 is 0 Å². The van der Waals surface area contributed by atoms with Gasteiger partial charge < -0.3 is 15.2 Å². The highest BCUT2D eigenvalue weighted by atomic mass is 32.1. The summed E-state index contributed by atoms with van der Waals surface area (Å²) in [5, 5.41) is 14.8. The fraction of sp³-hybridized carbons (Fsp3) is 0.500. The average molecular weight is 563 g/mol. The molecule has 1 saturated carbocycles. The zero-order chi connectivity index (χ0) is 27.7. The van der Waals surface area contributed by atoms with Crippen LogP contribution >= 0.6 is 11.3 Å². The van der Waals surface area contributed by atoms with Crippen molar-refractivity contribution in [1.82, 2.24) is 20.2 Å². The molecule has 9 nitrogen and oxygen atoms in total. The van der Waals surface area contributed by atoms with Crippen LogP contribution in [0.3, 0.4) is 0 Å². The first kappa shape index (κ1) is 26.8. The summed E-state index contributed by atoms with van der Waals surface area (Å²) >= 11 is 1.56. The highest BCUT2D eigenvalue weighted by Gasteiger charge is 2.65. The Balaban J connectivity index is 1.24. The number of ether oxygens (including phenoxy) is 1. The van der Waals surface area contributed by atoms with Crippen molar-refractivity contribution in [3.8, 4) is 17.1 Å². The third-order valence-electron chi connectivity index (χ3n) is 8.46. The molecule has 0 aromatic carbocycles. The molecule has 2 N–H and O–H groups in total. The zero-order valence-electron chi connectivity index (χ0n) is 22.4. The average Bonchev–Trinajstić information content (AvgIpc) is 3.26. The number of fused-ring (bicyclic) bond motifs is 3. The molecule has 6 rings (SSSR count). The van der Waals surface area contributed by atoms with E-state index in [9.17, 15) is 19.5 Å². The van der Waals surface area contributed by atoms with Crippen LogP contribution in [0.1, 0.15) is 57.8 Å². The standard InChI is InChI=1S/C30H34N4O5S/c35-25-10-5-3-1-2-4-8-13-34-18-19(15-24(34)28(36)33-30(29(37)38)17-20(25)30)39-26-16-23(21-9-6-7-12-31-21)32-22-11-14-40-27(22)26/h6-7,9,11-12,14,16,19-20,24H,1-5,8,10,13,15,17-18H2,(H,33,36)(H,37,38). The predicted molar refractivity (Wildman–Crippen MR) is 151 cm³/mol. The lowest BCUT2D eigenvalue weighted by atomic mass is 10.0. The fourth-order valence-electron chi connectivity index (χ4n) is 6.18. The molecule has 3 aliphatic rings. The lowest BCUT2D eigenvalue weighted by molar-refractivity contribution is -0.145. The summed E-state index contributed by atoms with van der Waals surface area (Å²) in [4.78, 5) is 49.9. The number of carbonyl (C=O) groups is 3. The molecule has 3 aromatic heterocycles. The Labute approximate surface area is 237 Å². The number of aromatic nitrogens is 2. The van der Waals surface area contributed by atoms with Crippen LogP contribution in [0.15, 0.2) is 41.9 Å². The molecule has 2 aliphatic heterocycles. The zero-order valence-corrected chi connectivity index (χ0v) is 23.2. The highest BCUT2D eigenvalue weighted by molar-refractivity contribution is 7.17. The summed E-state index contributed by atoms with van der Waals surface area (Å²) in [5.41, 5.74) is 0.832. The first-order valence-corrected chi connectivity index (χ1v) is 15.1.